The molecule has 0 saturated heterocycles. The Hall–Kier alpha value is -1.07. The first kappa shape index (κ1) is 13.4. The molecule has 102 valence electrons. The third-order valence-corrected chi connectivity index (χ3v) is 4.18. The highest BCUT2D eigenvalue weighted by Gasteiger charge is 2.30. The largest absolute Gasteiger partial charge is 0.493 e. The Morgan fingerprint density at radius 2 is 2.11 bits per heavy atom. The van der Waals surface area contributed by atoms with Crippen molar-refractivity contribution in [3.63, 3.8) is 0 Å². The zero-order valence-corrected chi connectivity index (χ0v) is 11.5. The molecule has 5 heteroatoms. The van der Waals surface area contributed by atoms with E-state index < -0.39 is 0 Å². The number of aryl methyl sites for hydroxylation is 1. The number of nitrogens with zero attached hydrogens (tertiary/aromatic N) is 2. The fourth-order valence-electron chi connectivity index (χ4n) is 3.00. The van der Waals surface area contributed by atoms with Gasteiger partial charge in [0.25, 0.3) is 0 Å². The Morgan fingerprint density at radius 1 is 1.44 bits per heavy atom. The number of aromatic nitrogens is 2. The lowest BCUT2D eigenvalue weighted by Crippen LogP contribution is -2.36. The second-order valence-corrected chi connectivity index (χ2v) is 5.39. The first-order valence-corrected chi connectivity index (χ1v) is 6.69. The Morgan fingerprint density at radius 3 is 2.67 bits per heavy atom. The fourth-order valence-corrected chi connectivity index (χ4v) is 3.00. The molecule has 1 aliphatic carbocycles. The van der Waals surface area contributed by atoms with Gasteiger partial charge in [-0.05, 0) is 24.7 Å². The van der Waals surface area contributed by atoms with Crippen LogP contribution in [0, 0.1) is 11.8 Å². The maximum absolute atomic E-state index is 5.78. The molecule has 0 aliphatic heterocycles. The molecule has 1 fully saturated rings. The molecule has 0 aromatic carbocycles. The molecule has 1 unspecified atom stereocenters. The molecule has 1 aromatic rings. The highest BCUT2D eigenvalue weighted by Crippen LogP contribution is 2.38. The number of nitrogens with two attached hydrogens (primary N) is 1. The van der Waals surface area contributed by atoms with Crippen molar-refractivity contribution in [1.29, 1.82) is 0 Å². The first-order valence-electron chi connectivity index (χ1n) is 6.69. The molecule has 1 heterocycles. The van der Waals surface area contributed by atoms with Gasteiger partial charge in [0.15, 0.2) is 5.75 Å². The smallest absolute Gasteiger partial charge is 0.161 e. The molecule has 1 atom stereocenters. The maximum atomic E-state index is 5.78. The summed E-state index contributed by atoms with van der Waals surface area (Å²) in [6.45, 7) is 2.33. The monoisotopic (exact) mass is 252 g/mol. The van der Waals surface area contributed by atoms with Crippen molar-refractivity contribution >= 4 is 0 Å². The number of hydrazine groups is 1. The van der Waals surface area contributed by atoms with Crippen LogP contribution in [0.4, 0.5) is 0 Å². The number of hydrogen-bond acceptors (Lipinski definition) is 4. The first-order chi connectivity index (χ1) is 8.67. The van der Waals surface area contributed by atoms with Gasteiger partial charge in [-0.1, -0.05) is 19.8 Å². The molecule has 0 amide bonds. The summed E-state index contributed by atoms with van der Waals surface area (Å²) < 4.78 is 7.24. The van der Waals surface area contributed by atoms with Crippen molar-refractivity contribution < 1.29 is 4.74 Å². The fraction of sp³-hybridized carbons (Fsp3) is 0.769. The summed E-state index contributed by atoms with van der Waals surface area (Å²) in [6.07, 6.45) is 6.74. The van der Waals surface area contributed by atoms with Gasteiger partial charge in [0.05, 0.1) is 25.0 Å². The van der Waals surface area contributed by atoms with E-state index in [1.165, 1.54) is 25.7 Å². The molecule has 5 nitrogen and oxygen atoms in total. The van der Waals surface area contributed by atoms with Crippen LogP contribution < -0.4 is 16.0 Å². The summed E-state index contributed by atoms with van der Waals surface area (Å²) in [5.74, 6) is 8.00. The van der Waals surface area contributed by atoms with E-state index in [-0.39, 0.29) is 6.04 Å². The molecular weight excluding hydrogens is 228 g/mol. The summed E-state index contributed by atoms with van der Waals surface area (Å²) in [6, 6.07) is 0.125. The third kappa shape index (κ3) is 2.52. The molecule has 0 bridgehead atoms. The lowest BCUT2D eigenvalue weighted by Gasteiger charge is -2.32. The molecular formula is C13H24N4O. The van der Waals surface area contributed by atoms with E-state index in [0.717, 1.165) is 17.4 Å². The van der Waals surface area contributed by atoms with Crippen molar-refractivity contribution in [2.45, 2.75) is 38.6 Å². The Labute approximate surface area is 109 Å². The Balaban J connectivity index is 2.19. The minimum absolute atomic E-state index is 0.125. The zero-order valence-electron chi connectivity index (χ0n) is 11.5. The number of methoxy groups -OCH3 is 1. The summed E-state index contributed by atoms with van der Waals surface area (Å²) in [7, 11) is 3.62. The molecule has 1 aromatic heterocycles. The van der Waals surface area contributed by atoms with Gasteiger partial charge in [-0.3, -0.25) is 16.0 Å². The third-order valence-electron chi connectivity index (χ3n) is 4.18. The number of rotatable bonds is 4. The second kappa shape index (κ2) is 5.71. The Kier molecular flexibility index (Phi) is 4.24. The van der Waals surface area contributed by atoms with Gasteiger partial charge in [-0.25, -0.2) is 0 Å². The molecule has 3 N–H and O–H groups in total. The lowest BCUT2D eigenvalue weighted by atomic mass is 9.78. The minimum atomic E-state index is 0.125. The standard InChI is InChI=1S/C13H24N4O/c1-9-4-6-10(7-5-9)12(16-14)13-11(18-3)8-15-17(13)2/h8-10,12,16H,4-7,14H2,1-3H3. The van der Waals surface area contributed by atoms with Crippen LogP contribution in [0.1, 0.15) is 44.3 Å². The predicted octanol–water partition coefficient (Wildman–Crippen LogP) is 1.76. The number of nitrogens with one attached hydrogen (secondary N) is 1. The van der Waals surface area contributed by atoms with E-state index in [4.69, 9.17) is 10.6 Å². The number of hydrogen-bond donors (Lipinski definition) is 2. The van der Waals surface area contributed by atoms with Gasteiger partial charge in [-0.15, -0.1) is 0 Å². The lowest BCUT2D eigenvalue weighted by molar-refractivity contribution is 0.223. The van der Waals surface area contributed by atoms with Gasteiger partial charge in [0, 0.05) is 7.05 Å². The number of ether oxygens (including phenoxy) is 1. The van der Waals surface area contributed by atoms with Gasteiger partial charge in [0.2, 0.25) is 0 Å². The van der Waals surface area contributed by atoms with Gasteiger partial charge < -0.3 is 4.74 Å². The quantitative estimate of drug-likeness (QED) is 0.633. The van der Waals surface area contributed by atoms with Crippen LogP contribution in [0.2, 0.25) is 0 Å². The molecule has 18 heavy (non-hydrogen) atoms. The summed E-state index contributed by atoms with van der Waals surface area (Å²) in [4.78, 5) is 0. The van der Waals surface area contributed by atoms with Crippen LogP contribution in [0.3, 0.4) is 0 Å². The maximum Gasteiger partial charge on any atom is 0.161 e. The molecule has 0 spiro atoms. The SMILES string of the molecule is COc1cnn(C)c1C(NN)C1CCC(C)CC1. The topological polar surface area (TPSA) is 65.1 Å². The zero-order chi connectivity index (χ0) is 13.1. The van der Waals surface area contributed by atoms with Crippen LogP contribution in [-0.2, 0) is 7.05 Å². The van der Waals surface area contributed by atoms with E-state index in [0.29, 0.717) is 5.92 Å². The normalized spacial score (nSPS) is 26.0. The van der Waals surface area contributed by atoms with Crippen LogP contribution in [0.5, 0.6) is 5.75 Å². The van der Waals surface area contributed by atoms with E-state index in [1.54, 1.807) is 13.3 Å². The highest BCUT2D eigenvalue weighted by molar-refractivity contribution is 5.28. The van der Waals surface area contributed by atoms with Gasteiger partial charge in [-0.2, -0.15) is 5.10 Å². The van der Waals surface area contributed by atoms with E-state index >= 15 is 0 Å². The van der Waals surface area contributed by atoms with Crippen molar-refractivity contribution in [1.82, 2.24) is 15.2 Å². The van der Waals surface area contributed by atoms with E-state index in [9.17, 15) is 0 Å². The summed E-state index contributed by atoms with van der Waals surface area (Å²) in [5.41, 5.74) is 4.02. The molecule has 1 aliphatic rings. The molecule has 1 saturated carbocycles. The van der Waals surface area contributed by atoms with E-state index in [1.807, 2.05) is 11.7 Å². The van der Waals surface area contributed by atoms with Crippen molar-refractivity contribution in [2.24, 2.45) is 24.7 Å². The van der Waals surface area contributed by atoms with Crippen molar-refractivity contribution in [2.75, 3.05) is 7.11 Å². The molecule has 0 radical (unpaired) electrons. The summed E-state index contributed by atoms with van der Waals surface area (Å²) >= 11 is 0. The minimum Gasteiger partial charge on any atom is -0.493 e. The van der Waals surface area contributed by atoms with Crippen LogP contribution >= 0.6 is 0 Å². The van der Waals surface area contributed by atoms with Gasteiger partial charge in [0.1, 0.15) is 0 Å². The van der Waals surface area contributed by atoms with Crippen molar-refractivity contribution in [3.05, 3.63) is 11.9 Å². The highest BCUT2D eigenvalue weighted by atomic mass is 16.5. The summed E-state index contributed by atoms with van der Waals surface area (Å²) in [5, 5.41) is 4.26. The molecule has 2 rings (SSSR count). The average Bonchev–Trinajstić information content (AvgIpc) is 2.74. The van der Waals surface area contributed by atoms with E-state index in [2.05, 4.69) is 17.4 Å². The second-order valence-electron chi connectivity index (χ2n) is 5.39. The van der Waals surface area contributed by atoms with Crippen LogP contribution in [0.15, 0.2) is 6.20 Å². The average molecular weight is 252 g/mol. The van der Waals surface area contributed by atoms with Crippen LogP contribution in [0.25, 0.3) is 0 Å². The predicted molar refractivity (Wildman–Crippen MR) is 70.9 cm³/mol. The van der Waals surface area contributed by atoms with Crippen molar-refractivity contribution in [3.8, 4) is 5.75 Å². The Bertz CT molecular complexity index is 382. The van der Waals surface area contributed by atoms with Gasteiger partial charge >= 0.3 is 0 Å². The van der Waals surface area contributed by atoms with Crippen LogP contribution in [-0.4, -0.2) is 16.9 Å².